The van der Waals surface area contributed by atoms with Crippen molar-refractivity contribution in [3.05, 3.63) is 71.2 Å². The molecule has 0 bridgehead atoms. The van der Waals surface area contributed by atoms with Crippen molar-refractivity contribution in [1.82, 2.24) is 14.8 Å². The van der Waals surface area contributed by atoms with Gasteiger partial charge in [-0.2, -0.15) is 18.3 Å². The average molecular weight is 404 g/mol. The van der Waals surface area contributed by atoms with Gasteiger partial charge in [0.05, 0.1) is 35.7 Å². The van der Waals surface area contributed by atoms with Gasteiger partial charge in [-0.1, -0.05) is 6.07 Å². The van der Waals surface area contributed by atoms with Crippen LogP contribution in [0.25, 0.3) is 5.82 Å². The van der Waals surface area contributed by atoms with Gasteiger partial charge in [0.1, 0.15) is 0 Å². The minimum Gasteiger partial charge on any atom is -0.465 e. The van der Waals surface area contributed by atoms with Crippen LogP contribution in [-0.2, 0) is 10.9 Å². The van der Waals surface area contributed by atoms with Crippen LogP contribution < -0.4 is 5.32 Å². The van der Waals surface area contributed by atoms with E-state index in [0.29, 0.717) is 17.6 Å². The predicted octanol–water partition coefficient (Wildman–Crippen LogP) is 3.63. The minimum absolute atomic E-state index is 0.141. The van der Waals surface area contributed by atoms with Gasteiger partial charge in [0.25, 0.3) is 5.91 Å². The zero-order chi connectivity index (χ0) is 21.2. The third kappa shape index (κ3) is 4.26. The van der Waals surface area contributed by atoms with Gasteiger partial charge in [-0.3, -0.25) is 4.79 Å². The monoisotopic (exact) mass is 404 g/mol. The van der Waals surface area contributed by atoms with E-state index in [1.165, 1.54) is 30.1 Å². The van der Waals surface area contributed by atoms with Gasteiger partial charge < -0.3 is 10.1 Å². The molecule has 0 saturated heterocycles. The number of hydrogen-bond acceptors (Lipinski definition) is 5. The first-order chi connectivity index (χ1) is 13.7. The summed E-state index contributed by atoms with van der Waals surface area (Å²) in [5.74, 6) is -0.900. The molecular weight excluding hydrogens is 389 g/mol. The van der Waals surface area contributed by atoms with Crippen molar-refractivity contribution < 1.29 is 27.5 Å². The topological polar surface area (TPSA) is 86.1 Å². The number of esters is 1. The molecule has 0 radical (unpaired) electrons. The molecule has 0 saturated carbocycles. The number of halogens is 3. The molecule has 2 heterocycles. The fourth-order valence-electron chi connectivity index (χ4n) is 2.58. The van der Waals surface area contributed by atoms with Gasteiger partial charge in [-0.15, -0.1) is 0 Å². The molecule has 29 heavy (non-hydrogen) atoms. The Bertz CT molecular complexity index is 1060. The maximum atomic E-state index is 12.7. The first-order valence-corrected chi connectivity index (χ1v) is 8.28. The normalized spacial score (nSPS) is 11.2. The maximum Gasteiger partial charge on any atom is 0.417 e. The Hall–Kier alpha value is -3.69. The molecule has 0 atom stereocenters. The lowest BCUT2D eigenvalue weighted by atomic mass is 10.2. The SMILES string of the molecule is COC(=O)c1cccc(NC(=O)c2cnn(-c3ccc(C(F)(F)F)cn3)c2C)c1. The molecule has 10 heteroatoms. The zero-order valence-electron chi connectivity index (χ0n) is 15.3. The number of rotatable bonds is 4. The third-order valence-electron chi connectivity index (χ3n) is 4.09. The fourth-order valence-corrected chi connectivity index (χ4v) is 2.58. The van der Waals surface area contributed by atoms with Crippen LogP contribution in [0.2, 0.25) is 0 Å². The number of amides is 1. The number of methoxy groups -OCH3 is 1. The van der Waals surface area contributed by atoms with Crippen molar-refractivity contribution in [2.75, 3.05) is 12.4 Å². The standard InChI is InChI=1S/C19H15F3N4O3/c1-11-15(17(27)25-14-5-3-4-12(8-14)18(28)29-2)10-24-26(11)16-7-6-13(9-23-16)19(20,21)22/h3-10H,1-2H3,(H,25,27). The van der Waals surface area contributed by atoms with Gasteiger partial charge in [0.15, 0.2) is 5.82 Å². The van der Waals surface area contributed by atoms with Crippen LogP contribution in [0, 0.1) is 6.92 Å². The van der Waals surface area contributed by atoms with Crippen LogP contribution in [0.4, 0.5) is 18.9 Å². The number of carbonyl (C=O) groups excluding carboxylic acids is 2. The molecule has 1 aromatic carbocycles. The van der Waals surface area contributed by atoms with Crippen LogP contribution in [0.15, 0.2) is 48.8 Å². The molecule has 3 rings (SSSR count). The average Bonchev–Trinajstić information content (AvgIpc) is 3.08. The van der Waals surface area contributed by atoms with E-state index >= 15 is 0 Å². The van der Waals surface area contributed by atoms with Gasteiger partial charge in [0, 0.05) is 11.9 Å². The summed E-state index contributed by atoms with van der Waals surface area (Å²) >= 11 is 0. The van der Waals surface area contributed by atoms with E-state index in [1.807, 2.05) is 0 Å². The van der Waals surface area contributed by atoms with Crippen molar-refractivity contribution in [1.29, 1.82) is 0 Å². The van der Waals surface area contributed by atoms with Gasteiger partial charge in [0.2, 0.25) is 0 Å². The number of benzene rings is 1. The molecule has 0 spiro atoms. The van der Waals surface area contributed by atoms with E-state index in [9.17, 15) is 22.8 Å². The van der Waals surface area contributed by atoms with E-state index in [-0.39, 0.29) is 16.9 Å². The summed E-state index contributed by atoms with van der Waals surface area (Å²) in [6.45, 7) is 1.59. The molecule has 150 valence electrons. The number of hydrogen-bond donors (Lipinski definition) is 1. The molecule has 0 unspecified atom stereocenters. The second-order valence-corrected chi connectivity index (χ2v) is 5.98. The van der Waals surface area contributed by atoms with Crippen molar-refractivity contribution >= 4 is 17.6 Å². The van der Waals surface area contributed by atoms with Crippen molar-refractivity contribution in [2.24, 2.45) is 0 Å². The summed E-state index contributed by atoms with van der Waals surface area (Å²) < 4.78 is 43.9. The van der Waals surface area contributed by atoms with Crippen LogP contribution in [0.3, 0.4) is 0 Å². The second-order valence-electron chi connectivity index (χ2n) is 5.98. The van der Waals surface area contributed by atoms with Gasteiger partial charge in [-0.25, -0.2) is 14.5 Å². The van der Waals surface area contributed by atoms with E-state index in [4.69, 9.17) is 0 Å². The van der Waals surface area contributed by atoms with Crippen LogP contribution in [0.5, 0.6) is 0 Å². The molecule has 2 aromatic heterocycles. The summed E-state index contributed by atoms with van der Waals surface area (Å²) in [6.07, 6.45) is -2.50. The lowest BCUT2D eigenvalue weighted by molar-refractivity contribution is -0.137. The van der Waals surface area contributed by atoms with Gasteiger partial charge in [-0.05, 0) is 37.3 Å². The number of anilines is 1. The van der Waals surface area contributed by atoms with E-state index in [2.05, 4.69) is 20.1 Å². The summed E-state index contributed by atoms with van der Waals surface area (Å²) in [6, 6.07) is 8.25. The Morgan fingerprint density at radius 3 is 2.52 bits per heavy atom. The zero-order valence-corrected chi connectivity index (χ0v) is 15.3. The summed E-state index contributed by atoms with van der Waals surface area (Å²) in [4.78, 5) is 27.9. The first kappa shape index (κ1) is 20.1. The minimum atomic E-state index is -4.49. The highest BCUT2D eigenvalue weighted by Gasteiger charge is 2.30. The first-order valence-electron chi connectivity index (χ1n) is 8.28. The predicted molar refractivity (Wildman–Crippen MR) is 96.8 cm³/mol. The highest BCUT2D eigenvalue weighted by molar-refractivity contribution is 6.05. The molecule has 0 aliphatic heterocycles. The molecule has 1 N–H and O–H groups in total. The molecule has 0 fully saturated rings. The maximum absolute atomic E-state index is 12.7. The molecular formula is C19H15F3N4O3. The third-order valence-corrected chi connectivity index (χ3v) is 4.09. The lowest BCUT2D eigenvalue weighted by Gasteiger charge is -2.09. The molecule has 7 nitrogen and oxygen atoms in total. The number of nitrogens with one attached hydrogen (secondary N) is 1. The summed E-state index contributed by atoms with van der Waals surface area (Å²) in [5, 5.41) is 6.68. The number of aromatic nitrogens is 3. The Labute approximate surface area is 163 Å². The smallest absolute Gasteiger partial charge is 0.417 e. The number of ether oxygens (including phenoxy) is 1. The van der Waals surface area contributed by atoms with Crippen molar-refractivity contribution in [2.45, 2.75) is 13.1 Å². The van der Waals surface area contributed by atoms with Gasteiger partial charge >= 0.3 is 12.1 Å². The largest absolute Gasteiger partial charge is 0.465 e. The number of carbonyl (C=O) groups is 2. The number of nitrogens with zero attached hydrogens (tertiary/aromatic N) is 3. The van der Waals surface area contributed by atoms with Crippen LogP contribution in [-0.4, -0.2) is 33.8 Å². The number of alkyl halides is 3. The highest BCUT2D eigenvalue weighted by Crippen LogP contribution is 2.29. The summed E-state index contributed by atoms with van der Waals surface area (Å²) in [5.41, 5.74) is 0.355. The molecule has 3 aromatic rings. The Morgan fingerprint density at radius 2 is 1.90 bits per heavy atom. The molecule has 1 amide bonds. The lowest BCUT2D eigenvalue weighted by Crippen LogP contribution is -2.14. The highest BCUT2D eigenvalue weighted by atomic mass is 19.4. The molecule has 0 aliphatic rings. The second kappa shape index (κ2) is 7.74. The Morgan fingerprint density at radius 1 is 1.14 bits per heavy atom. The van der Waals surface area contributed by atoms with E-state index < -0.39 is 23.6 Å². The summed E-state index contributed by atoms with van der Waals surface area (Å²) in [7, 11) is 1.25. The molecule has 0 aliphatic carbocycles. The van der Waals surface area contributed by atoms with E-state index in [0.717, 1.165) is 6.07 Å². The Balaban J connectivity index is 1.82. The quantitative estimate of drug-likeness (QED) is 0.671. The van der Waals surface area contributed by atoms with Crippen LogP contribution >= 0.6 is 0 Å². The van der Waals surface area contributed by atoms with Crippen molar-refractivity contribution in [3.63, 3.8) is 0 Å². The van der Waals surface area contributed by atoms with Crippen molar-refractivity contribution in [3.8, 4) is 5.82 Å². The fraction of sp³-hybridized carbons (Fsp3) is 0.158. The Kier molecular flexibility index (Phi) is 5.35. The number of pyridine rings is 1. The van der Waals surface area contributed by atoms with Crippen LogP contribution in [0.1, 0.15) is 32.0 Å². The van der Waals surface area contributed by atoms with E-state index in [1.54, 1.807) is 25.1 Å².